The van der Waals surface area contributed by atoms with Crippen molar-refractivity contribution in [2.24, 2.45) is 5.84 Å². The number of ether oxygens (including phenoxy) is 2. The summed E-state index contributed by atoms with van der Waals surface area (Å²) in [5.74, 6) is 0.467. The van der Waals surface area contributed by atoms with Gasteiger partial charge in [-0.05, 0) is 64.2 Å². The maximum atomic E-state index is 12.2. The summed E-state index contributed by atoms with van der Waals surface area (Å²) in [7, 11) is 0. The maximum Gasteiger partial charge on any atom is 0.326 e. The van der Waals surface area contributed by atoms with Crippen LogP contribution in [0.25, 0.3) is 0 Å². The molecule has 0 aliphatic rings. The average Bonchev–Trinajstić information content (AvgIpc) is 3.05. The SMILES string of the molecule is NN[C@@H](CCCCNC(=O)CC[C@H](NC(=O)CCC(=O)NCCCOCCCCOCCCNC(=O)CCCCC(=O)O)C(=O)O)C(=O)O. The summed E-state index contributed by atoms with van der Waals surface area (Å²) in [6.07, 6.45) is 5.02. The van der Waals surface area contributed by atoms with Crippen molar-refractivity contribution in [1.82, 2.24) is 26.7 Å². The van der Waals surface area contributed by atoms with E-state index in [-0.39, 0.29) is 56.9 Å². The largest absolute Gasteiger partial charge is 0.481 e. The molecule has 0 bridgehead atoms. The zero-order chi connectivity index (χ0) is 36.7. The van der Waals surface area contributed by atoms with Crippen LogP contribution in [0, 0.1) is 0 Å². The van der Waals surface area contributed by atoms with Gasteiger partial charge in [-0.15, -0.1) is 0 Å². The number of unbranched alkanes of at least 4 members (excludes halogenated alkanes) is 3. The number of hydrazine groups is 1. The van der Waals surface area contributed by atoms with Crippen molar-refractivity contribution in [3.05, 3.63) is 0 Å². The normalized spacial score (nSPS) is 12.0. The van der Waals surface area contributed by atoms with E-state index in [9.17, 15) is 38.7 Å². The molecule has 0 spiro atoms. The van der Waals surface area contributed by atoms with Gasteiger partial charge in [0.15, 0.2) is 0 Å². The Morgan fingerprint density at radius 1 is 0.490 bits per heavy atom. The fourth-order valence-corrected chi connectivity index (χ4v) is 4.25. The van der Waals surface area contributed by atoms with Crippen molar-refractivity contribution in [1.29, 1.82) is 0 Å². The van der Waals surface area contributed by atoms with E-state index in [0.717, 1.165) is 12.8 Å². The fraction of sp³-hybridized carbons (Fsp3) is 0.774. The molecule has 0 heterocycles. The molecule has 0 aromatic carbocycles. The number of amides is 4. The minimum absolute atomic E-state index is 0.0718. The number of nitrogens with one attached hydrogen (secondary N) is 5. The Balaban J connectivity index is 3.76. The highest BCUT2D eigenvalue weighted by Gasteiger charge is 2.21. The third kappa shape index (κ3) is 28.8. The molecule has 0 radical (unpaired) electrons. The van der Waals surface area contributed by atoms with Crippen molar-refractivity contribution in [3.8, 4) is 0 Å². The van der Waals surface area contributed by atoms with E-state index < -0.39 is 41.8 Å². The molecule has 0 aromatic heterocycles. The van der Waals surface area contributed by atoms with Gasteiger partial charge in [0.05, 0.1) is 0 Å². The van der Waals surface area contributed by atoms with Crippen LogP contribution in [0.4, 0.5) is 0 Å². The smallest absolute Gasteiger partial charge is 0.326 e. The predicted octanol–water partition coefficient (Wildman–Crippen LogP) is -0.210. The average molecular weight is 705 g/mol. The molecule has 18 heteroatoms. The Bertz CT molecular complexity index is 1000. The van der Waals surface area contributed by atoms with E-state index in [1.807, 2.05) is 0 Å². The zero-order valence-corrected chi connectivity index (χ0v) is 28.3. The summed E-state index contributed by atoms with van der Waals surface area (Å²) in [6.45, 7) is 3.25. The van der Waals surface area contributed by atoms with E-state index in [1.54, 1.807) is 0 Å². The Morgan fingerprint density at radius 3 is 1.49 bits per heavy atom. The molecule has 0 aliphatic carbocycles. The second kappa shape index (κ2) is 30.2. The van der Waals surface area contributed by atoms with Gasteiger partial charge in [0, 0.05) is 78.2 Å². The van der Waals surface area contributed by atoms with E-state index in [1.165, 1.54) is 0 Å². The lowest BCUT2D eigenvalue weighted by atomic mass is 10.1. The number of hydrogen-bond acceptors (Lipinski definition) is 11. The first kappa shape index (κ1) is 45.1. The topological polar surface area (TPSA) is 285 Å². The first-order valence-corrected chi connectivity index (χ1v) is 16.8. The predicted molar refractivity (Wildman–Crippen MR) is 176 cm³/mol. The molecule has 0 saturated carbocycles. The fourth-order valence-electron chi connectivity index (χ4n) is 4.25. The van der Waals surface area contributed by atoms with Gasteiger partial charge >= 0.3 is 17.9 Å². The van der Waals surface area contributed by atoms with Crippen molar-refractivity contribution < 1.29 is 58.4 Å². The van der Waals surface area contributed by atoms with Crippen LogP contribution in [-0.2, 0) is 43.0 Å². The molecular formula is C31H56N6O12. The lowest BCUT2D eigenvalue weighted by Crippen LogP contribution is -2.42. The summed E-state index contributed by atoms with van der Waals surface area (Å²) >= 11 is 0. The Labute approximate surface area is 286 Å². The summed E-state index contributed by atoms with van der Waals surface area (Å²) in [4.78, 5) is 80.7. The van der Waals surface area contributed by atoms with Gasteiger partial charge < -0.3 is 46.1 Å². The van der Waals surface area contributed by atoms with Crippen LogP contribution in [0.1, 0.15) is 96.3 Å². The molecule has 49 heavy (non-hydrogen) atoms. The molecule has 0 saturated heterocycles. The van der Waals surface area contributed by atoms with Crippen molar-refractivity contribution in [2.45, 2.75) is 108 Å². The molecule has 282 valence electrons. The molecule has 0 unspecified atom stereocenters. The van der Waals surface area contributed by atoms with Gasteiger partial charge in [-0.25, -0.2) is 10.2 Å². The Hall–Kier alpha value is -3.87. The van der Waals surface area contributed by atoms with E-state index in [2.05, 4.69) is 26.7 Å². The van der Waals surface area contributed by atoms with Crippen LogP contribution in [0.3, 0.4) is 0 Å². The lowest BCUT2D eigenvalue weighted by molar-refractivity contribution is -0.142. The molecule has 0 aromatic rings. The molecule has 4 amide bonds. The van der Waals surface area contributed by atoms with Gasteiger partial charge in [0.25, 0.3) is 0 Å². The van der Waals surface area contributed by atoms with E-state index in [0.29, 0.717) is 84.5 Å². The number of carboxylic acids is 3. The van der Waals surface area contributed by atoms with Gasteiger partial charge in [-0.3, -0.25) is 34.6 Å². The van der Waals surface area contributed by atoms with E-state index in [4.69, 9.17) is 25.5 Å². The number of hydrogen-bond donors (Lipinski definition) is 9. The number of carbonyl (C=O) groups excluding carboxylic acids is 4. The Morgan fingerprint density at radius 2 is 0.959 bits per heavy atom. The Kier molecular flexibility index (Phi) is 27.8. The van der Waals surface area contributed by atoms with Crippen LogP contribution in [0.5, 0.6) is 0 Å². The van der Waals surface area contributed by atoms with Gasteiger partial charge in [0.1, 0.15) is 12.1 Å². The molecule has 10 N–H and O–H groups in total. The summed E-state index contributed by atoms with van der Waals surface area (Å²) < 4.78 is 11.1. The maximum absolute atomic E-state index is 12.2. The second-order valence-corrected chi connectivity index (χ2v) is 11.3. The van der Waals surface area contributed by atoms with Crippen LogP contribution in [-0.4, -0.2) is 115 Å². The monoisotopic (exact) mass is 704 g/mol. The number of aliphatic carboxylic acids is 3. The van der Waals surface area contributed by atoms with Gasteiger partial charge in [-0.2, -0.15) is 0 Å². The van der Waals surface area contributed by atoms with Crippen LogP contribution in [0.15, 0.2) is 0 Å². The summed E-state index contributed by atoms with van der Waals surface area (Å²) in [5, 5.41) is 37.3. The molecule has 18 nitrogen and oxygen atoms in total. The minimum Gasteiger partial charge on any atom is -0.481 e. The number of nitrogens with two attached hydrogens (primary N) is 1. The summed E-state index contributed by atoms with van der Waals surface area (Å²) in [6, 6.07) is -2.16. The number of carboxylic acid groups (broad SMARTS) is 3. The van der Waals surface area contributed by atoms with Crippen molar-refractivity contribution in [2.75, 3.05) is 46.1 Å². The van der Waals surface area contributed by atoms with Crippen LogP contribution in [0.2, 0.25) is 0 Å². The van der Waals surface area contributed by atoms with Gasteiger partial charge in [0.2, 0.25) is 23.6 Å². The molecular weight excluding hydrogens is 648 g/mol. The second-order valence-electron chi connectivity index (χ2n) is 11.3. The highest BCUT2D eigenvalue weighted by Crippen LogP contribution is 2.03. The molecule has 2 atom stereocenters. The van der Waals surface area contributed by atoms with Crippen molar-refractivity contribution in [3.63, 3.8) is 0 Å². The van der Waals surface area contributed by atoms with Gasteiger partial charge in [-0.1, -0.05) is 0 Å². The first-order valence-electron chi connectivity index (χ1n) is 16.8. The number of carbonyl (C=O) groups is 7. The van der Waals surface area contributed by atoms with E-state index >= 15 is 0 Å². The third-order valence-corrected chi connectivity index (χ3v) is 7.06. The minimum atomic E-state index is -1.30. The number of rotatable bonds is 33. The molecule has 0 aliphatic heterocycles. The zero-order valence-electron chi connectivity index (χ0n) is 28.3. The lowest BCUT2D eigenvalue weighted by Gasteiger charge is -2.14. The standard InChI is InChI=1S/C31H56N6O12/c32-37-24(31(46)47)9-3-4-16-33-26(39)13-12-23(30(44)45)36-28(41)15-14-27(40)35-18-8-22-49-20-6-5-19-48-21-7-17-34-25(38)10-1-2-11-29(42)43/h23-24,37H,1-22,32H2,(H,33,39)(H,34,38)(H,35,40)(H,36,41)(H,42,43)(H,44,45)(H,46,47)/t23-,24-/m0/s1. The molecule has 0 fully saturated rings. The van der Waals surface area contributed by atoms with Crippen molar-refractivity contribution >= 4 is 41.5 Å². The highest BCUT2D eigenvalue weighted by molar-refractivity contribution is 5.87. The summed E-state index contributed by atoms with van der Waals surface area (Å²) in [5.41, 5.74) is 2.19. The third-order valence-electron chi connectivity index (χ3n) is 7.06. The first-order chi connectivity index (χ1) is 23.5. The highest BCUT2D eigenvalue weighted by atomic mass is 16.5. The quantitative estimate of drug-likeness (QED) is 0.0243. The van der Waals surface area contributed by atoms with Crippen LogP contribution < -0.4 is 32.5 Å². The van der Waals surface area contributed by atoms with Crippen LogP contribution >= 0.6 is 0 Å². The molecule has 0 rings (SSSR count).